The molecule has 0 amide bonds. The van der Waals surface area contributed by atoms with Crippen LogP contribution in [0.1, 0.15) is 30.1 Å². The van der Waals surface area contributed by atoms with Gasteiger partial charge in [-0.25, -0.2) is 14.8 Å². The Balaban J connectivity index is 1.81. The molecule has 0 spiro atoms. The zero-order valence-electron chi connectivity index (χ0n) is 15.1. The number of ether oxygens (including phenoxy) is 2. The third kappa shape index (κ3) is 3.77. The van der Waals surface area contributed by atoms with Crippen LogP contribution in [0.2, 0.25) is 0 Å². The van der Waals surface area contributed by atoms with Gasteiger partial charge in [-0.2, -0.15) is 0 Å². The molecule has 7 nitrogen and oxygen atoms in total. The summed E-state index contributed by atoms with van der Waals surface area (Å²) in [5, 5.41) is 3.26. The highest BCUT2D eigenvalue weighted by Crippen LogP contribution is 2.35. The van der Waals surface area contributed by atoms with Crippen LogP contribution in [0.3, 0.4) is 0 Å². The van der Waals surface area contributed by atoms with Gasteiger partial charge in [0.1, 0.15) is 0 Å². The van der Waals surface area contributed by atoms with Crippen LogP contribution >= 0.6 is 0 Å². The summed E-state index contributed by atoms with van der Waals surface area (Å²) in [7, 11) is 1.71. The van der Waals surface area contributed by atoms with Crippen molar-refractivity contribution in [3.63, 3.8) is 0 Å². The van der Waals surface area contributed by atoms with Crippen molar-refractivity contribution in [1.29, 1.82) is 0 Å². The molecule has 7 heteroatoms. The monoisotopic (exact) mass is 356 g/mol. The van der Waals surface area contributed by atoms with E-state index >= 15 is 0 Å². The summed E-state index contributed by atoms with van der Waals surface area (Å²) in [6, 6.07) is 9.26. The maximum atomic E-state index is 12.1. The second-order valence-corrected chi connectivity index (χ2v) is 6.10. The van der Waals surface area contributed by atoms with Crippen LogP contribution in [-0.4, -0.2) is 48.5 Å². The molecule has 26 heavy (non-hydrogen) atoms. The lowest BCUT2D eigenvalue weighted by Gasteiger charge is -2.39. The van der Waals surface area contributed by atoms with Crippen molar-refractivity contribution in [2.75, 3.05) is 37.0 Å². The molecule has 1 N–H and O–H groups in total. The second kappa shape index (κ2) is 8.14. The molecule has 3 rings (SSSR count). The summed E-state index contributed by atoms with van der Waals surface area (Å²) >= 11 is 0. The quantitative estimate of drug-likeness (QED) is 0.764. The van der Waals surface area contributed by atoms with E-state index in [2.05, 4.69) is 20.2 Å². The molecule has 0 aliphatic carbocycles. The molecule has 1 saturated heterocycles. The van der Waals surface area contributed by atoms with Crippen LogP contribution in [0.15, 0.2) is 42.7 Å². The lowest BCUT2D eigenvalue weighted by atomic mass is 10.1. The van der Waals surface area contributed by atoms with Crippen molar-refractivity contribution >= 4 is 17.6 Å². The number of hydrogen-bond acceptors (Lipinski definition) is 7. The number of benzene rings is 1. The highest BCUT2D eigenvalue weighted by Gasteiger charge is 2.41. The van der Waals surface area contributed by atoms with Gasteiger partial charge in [0, 0.05) is 31.7 Å². The van der Waals surface area contributed by atoms with Gasteiger partial charge in [0.25, 0.3) is 0 Å². The Morgan fingerprint density at radius 3 is 2.85 bits per heavy atom. The fraction of sp³-hybridized carbons (Fsp3) is 0.421. The maximum Gasteiger partial charge on any atom is 0.338 e. The predicted octanol–water partition coefficient (Wildman–Crippen LogP) is 2.71. The van der Waals surface area contributed by atoms with E-state index in [1.807, 2.05) is 18.2 Å². The van der Waals surface area contributed by atoms with E-state index in [1.54, 1.807) is 38.6 Å². The number of esters is 1. The third-order valence-corrected chi connectivity index (χ3v) is 4.58. The van der Waals surface area contributed by atoms with Crippen molar-refractivity contribution in [2.24, 2.45) is 0 Å². The molecular formula is C19H24N4O3. The molecule has 0 radical (unpaired) electrons. The molecule has 1 aromatic heterocycles. The molecule has 1 aliphatic heterocycles. The summed E-state index contributed by atoms with van der Waals surface area (Å²) in [4.78, 5) is 22.6. The number of anilines is 2. The predicted molar refractivity (Wildman–Crippen MR) is 99.2 cm³/mol. The minimum absolute atomic E-state index is 0.313. The van der Waals surface area contributed by atoms with E-state index < -0.39 is 5.72 Å². The normalized spacial score (nSPS) is 19.4. The minimum Gasteiger partial charge on any atom is -0.462 e. The zero-order valence-corrected chi connectivity index (χ0v) is 15.1. The lowest BCUT2D eigenvalue weighted by Crippen LogP contribution is -2.51. The molecule has 1 fully saturated rings. The minimum atomic E-state index is -0.521. The molecule has 1 atom stereocenters. The summed E-state index contributed by atoms with van der Waals surface area (Å²) in [6.45, 7) is 3.54. The van der Waals surface area contributed by atoms with Crippen LogP contribution in [-0.2, 0) is 9.47 Å². The van der Waals surface area contributed by atoms with Gasteiger partial charge in [-0.15, -0.1) is 0 Å². The molecule has 138 valence electrons. The van der Waals surface area contributed by atoms with E-state index in [1.165, 1.54) is 0 Å². The number of rotatable bonds is 7. The molecule has 2 heterocycles. The summed E-state index contributed by atoms with van der Waals surface area (Å²) in [6.07, 6.45) is 5.26. The van der Waals surface area contributed by atoms with Gasteiger partial charge in [-0.05, 0) is 44.0 Å². The van der Waals surface area contributed by atoms with Crippen molar-refractivity contribution in [2.45, 2.75) is 25.5 Å². The van der Waals surface area contributed by atoms with Gasteiger partial charge in [0.15, 0.2) is 5.72 Å². The Hall–Kier alpha value is -2.67. The van der Waals surface area contributed by atoms with Crippen LogP contribution in [0.4, 0.5) is 11.6 Å². The zero-order chi connectivity index (χ0) is 18.4. The van der Waals surface area contributed by atoms with Gasteiger partial charge < -0.3 is 19.7 Å². The van der Waals surface area contributed by atoms with Crippen LogP contribution in [0, 0.1) is 0 Å². The van der Waals surface area contributed by atoms with Gasteiger partial charge in [0.2, 0.25) is 5.95 Å². The Morgan fingerprint density at radius 1 is 1.31 bits per heavy atom. The molecule has 0 unspecified atom stereocenters. The molecular weight excluding hydrogens is 332 g/mol. The SMILES string of the molecule is CCOC(=O)c1cccc(N2CCC[C@@]2(CNc2ncccn2)OC)c1. The summed E-state index contributed by atoms with van der Waals surface area (Å²) in [5.74, 6) is 0.253. The number of aromatic nitrogens is 2. The number of carbonyl (C=O) groups excluding carboxylic acids is 1. The maximum absolute atomic E-state index is 12.1. The topological polar surface area (TPSA) is 76.6 Å². The molecule has 1 aliphatic rings. The highest BCUT2D eigenvalue weighted by molar-refractivity contribution is 5.90. The lowest BCUT2D eigenvalue weighted by molar-refractivity contribution is 0.0102. The Bertz CT molecular complexity index is 741. The fourth-order valence-corrected chi connectivity index (χ4v) is 3.31. The third-order valence-electron chi connectivity index (χ3n) is 4.58. The number of methoxy groups -OCH3 is 1. The number of nitrogens with one attached hydrogen (secondary N) is 1. The molecule has 0 bridgehead atoms. The van der Waals surface area contributed by atoms with E-state index in [0.717, 1.165) is 25.1 Å². The fourth-order valence-electron chi connectivity index (χ4n) is 3.31. The van der Waals surface area contributed by atoms with Crippen molar-refractivity contribution in [3.8, 4) is 0 Å². The van der Waals surface area contributed by atoms with E-state index in [0.29, 0.717) is 24.7 Å². The summed E-state index contributed by atoms with van der Waals surface area (Å²) in [5.41, 5.74) is 0.957. The van der Waals surface area contributed by atoms with E-state index in [4.69, 9.17) is 9.47 Å². The molecule has 1 aromatic carbocycles. The van der Waals surface area contributed by atoms with Crippen molar-refractivity contribution < 1.29 is 14.3 Å². The van der Waals surface area contributed by atoms with Gasteiger partial charge >= 0.3 is 5.97 Å². The number of hydrogen-bond donors (Lipinski definition) is 1. The Labute approximate surface area is 153 Å². The van der Waals surface area contributed by atoms with Crippen LogP contribution in [0.25, 0.3) is 0 Å². The summed E-state index contributed by atoms with van der Waals surface area (Å²) < 4.78 is 11.0. The average Bonchev–Trinajstić information content (AvgIpc) is 3.12. The average molecular weight is 356 g/mol. The Morgan fingerprint density at radius 2 is 2.12 bits per heavy atom. The Kier molecular flexibility index (Phi) is 5.68. The van der Waals surface area contributed by atoms with E-state index in [-0.39, 0.29) is 5.97 Å². The second-order valence-electron chi connectivity index (χ2n) is 6.10. The van der Waals surface area contributed by atoms with Crippen molar-refractivity contribution in [3.05, 3.63) is 48.3 Å². The largest absolute Gasteiger partial charge is 0.462 e. The molecule has 0 saturated carbocycles. The smallest absolute Gasteiger partial charge is 0.338 e. The van der Waals surface area contributed by atoms with Gasteiger partial charge in [-0.3, -0.25) is 0 Å². The van der Waals surface area contributed by atoms with Crippen LogP contribution in [0.5, 0.6) is 0 Å². The highest BCUT2D eigenvalue weighted by atomic mass is 16.5. The first kappa shape index (κ1) is 18.1. The van der Waals surface area contributed by atoms with Crippen LogP contribution < -0.4 is 10.2 Å². The number of nitrogens with zero attached hydrogens (tertiary/aromatic N) is 3. The first-order chi connectivity index (χ1) is 12.7. The van der Waals surface area contributed by atoms with E-state index in [9.17, 15) is 4.79 Å². The van der Waals surface area contributed by atoms with Gasteiger partial charge in [0.05, 0.1) is 18.7 Å². The standard InChI is InChI=1S/C19H24N4O3/c1-3-26-17(24)15-7-4-8-16(13-15)23-12-5-9-19(23,25-2)14-22-18-20-10-6-11-21-18/h4,6-8,10-11,13H,3,5,9,12,14H2,1-2H3,(H,20,21,22)/t19-/m0/s1. The van der Waals surface area contributed by atoms with Crippen molar-refractivity contribution in [1.82, 2.24) is 9.97 Å². The van der Waals surface area contributed by atoms with Gasteiger partial charge in [-0.1, -0.05) is 6.07 Å². The first-order valence-corrected chi connectivity index (χ1v) is 8.79. The number of carbonyl (C=O) groups is 1. The first-order valence-electron chi connectivity index (χ1n) is 8.79. The molecule has 2 aromatic rings.